The van der Waals surface area contributed by atoms with Gasteiger partial charge in [-0.05, 0) is 61.6 Å². The van der Waals surface area contributed by atoms with Gasteiger partial charge in [0.25, 0.3) is 0 Å². The van der Waals surface area contributed by atoms with Crippen molar-refractivity contribution in [3.05, 3.63) is 59.2 Å². The average Bonchev–Trinajstić information content (AvgIpc) is 3.22. The van der Waals surface area contributed by atoms with Crippen molar-refractivity contribution in [2.75, 3.05) is 16.8 Å². The summed E-state index contributed by atoms with van der Waals surface area (Å²) in [6.07, 6.45) is 3.67. The van der Waals surface area contributed by atoms with E-state index in [0.29, 0.717) is 6.54 Å². The van der Waals surface area contributed by atoms with Crippen LogP contribution in [0.4, 0.5) is 11.4 Å². The van der Waals surface area contributed by atoms with Crippen molar-refractivity contribution < 1.29 is 9.59 Å². The third kappa shape index (κ3) is 3.16. The highest BCUT2D eigenvalue weighted by Crippen LogP contribution is 2.28. The maximum absolute atomic E-state index is 12.6. The van der Waals surface area contributed by atoms with Crippen LogP contribution in [-0.2, 0) is 22.4 Å². The minimum atomic E-state index is -0.304. The van der Waals surface area contributed by atoms with Gasteiger partial charge in [-0.15, -0.1) is 0 Å². The zero-order chi connectivity index (χ0) is 17.4. The first-order valence-electron chi connectivity index (χ1n) is 8.90. The van der Waals surface area contributed by atoms with E-state index in [2.05, 4.69) is 17.4 Å². The molecule has 0 bridgehead atoms. The van der Waals surface area contributed by atoms with Crippen molar-refractivity contribution in [2.45, 2.75) is 32.6 Å². The molecule has 2 aromatic carbocycles. The van der Waals surface area contributed by atoms with Gasteiger partial charge in [-0.25, -0.2) is 0 Å². The molecule has 0 spiro atoms. The number of fused-ring (bicyclic) bond motifs is 1. The van der Waals surface area contributed by atoms with Crippen LogP contribution in [0, 0.1) is 12.8 Å². The van der Waals surface area contributed by atoms with E-state index in [-0.39, 0.29) is 24.2 Å². The molecule has 25 heavy (non-hydrogen) atoms. The number of hydrogen-bond acceptors (Lipinski definition) is 2. The van der Waals surface area contributed by atoms with E-state index in [4.69, 9.17) is 0 Å². The molecule has 1 aliphatic heterocycles. The molecule has 4 heteroatoms. The molecular weight excluding hydrogens is 312 g/mol. The number of nitrogens with zero attached hydrogens (tertiary/aromatic N) is 1. The van der Waals surface area contributed by atoms with Gasteiger partial charge in [-0.3, -0.25) is 9.59 Å². The monoisotopic (exact) mass is 334 g/mol. The Labute approximate surface area is 147 Å². The van der Waals surface area contributed by atoms with Crippen LogP contribution >= 0.6 is 0 Å². The number of anilines is 2. The van der Waals surface area contributed by atoms with Gasteiger partial charge < -0.3 is 10.2 Å². The highest BCUT2D eigenvalue weighted by atomic mass is 16.2. The van der Waals surface area contributed by atoms with E-state index in [1.54, 1.807) is 4.90 Å². The van der Waals surface area contributed by atoms with Crippen LogP contribution in [-0.4, -0.2) is 18.4 Å². The molecule has 0 radical (unpaired) electrons. The van der Waals surface area contributed by atoms with Crippen molar-refractivity contribution in [3.63, 3.8) is 0 Å². The van der Waals surface area contributed by atoms with Crippen molar-refractivity contribution in [1.29, 1.82) is 0 Å². The molecular formula is C21H22N2O2. The summed E-state index contributed by atoms with van der Waals surface area (Å²) in [6.45, 7) is 2.46. The fourth-order valence-electron chi connectivity index (χ4n) is 3.75. The Kier molecular flexibility index (Phi) is 4.04. The Morgan fingerprint density at radius 2 is 1.84 bits per heavy atom. The molecule has 2 aromatic rings. The first kappa shape index (κ1) is 15.9. The van der Waals surface area contributed by atoms with E-state index < -0.39 is 0 Å². The molecule has 2 amide bonds. The Morgan fingerprint density at radius 3 is 2.64 bits per heavy atom. The number of carbonyl (C=O) groups is 2. The number of amides is 2. The maximum atomic E-state index is 12.6. The second-order valence-corrected chi connectivity index (χ2v) is 7.07. The molecule has 1 fully saturated rings. The van der Waals surface area contributed by atoms with Crippen molar-refractivity contribution >= 4 is 23.2 Å². The Hall–Kier alpha value is -2.62. The molecule has 128 valence electrons. The summed E-state index contributed by atoms with van der Waals surface area (Å²) >= 11 is 0. The summed E-state index contributed by atoms with van der Waals surface area (Å²) in [5.41, 5.74) is 5.58. The zero-order valence-electron chi connectivity index (χ0n) is 14.4. The molecule has 1 aliphatic carbocycles. The Bertz CT molecular complexity index is 826. The Balaban J connectivity index is 1.44. The second-order valence-electron chi connectivity index (χ2n) is 7.07. The van der Waals surface area contributed by atoms with Gasteiger partial charge >= 0.3 is 0 Å². The molecule has 1 heterocycles. The van der Waals surface area contributed by atoms with Crippen LogP contribution in [0.3, 0.4) is 0 Å². The molecule has 1 N–H and O–H groups in total. The van der Waals surface area contributed by atoms with Crippen LogP contribution < -0.4 is 10.2 Å². The lowest BCUT2D eigenvalue weighted by Gasteiger charge is -2.17. The number of hydrogen-bond donors (Lipinski definition) is 1. The average molecular weight is 334 g/mol. The summed E-state index contributed by atoms with van der Waals surface area (Å²) in [6, 6.07) is 14.0. The quantitative estimate of drug-likeness (QED) is 0.934. The SMILES string of the molecule is Cc1ccc(N2CC(C(=O)Nc3ccc4c(c3)CCC4)CC2=O)cc1. The molecule has 0 aromatic heterocycles. The summed E-state index contributed by atoms with van der Waals surface area (Å²) in [5, 5.41) is 3.00. The van der Waals surface area contributed by atoms with Gasteiger partial charge in [0.1, 0.15) is 0 Å². The van der Waals surface area contributed by atoms with Gasteiger partial charge in [0.2, 0.25) is 11.8 Å². The summed E-state index contributed by atoms with van der Waals surface area (Å²) in [7, 11) is 0. The maximum Gasteiger partial charge on any atom is 0.229 e. The zero-order valence-corrected chi connectivity index (χ0v) is 14.4. The fourth-order valence-corrected chi connectivity index (χ4v) is 3.75. The van der Waals surface area contributed by atoms with E-state index >= 15 is 0 Å². The minimum Gasteiger partial charge on any atom is -0.326 e. The smallest absolute Gasteiger partial charge is 0.229 e. The number of aryl methyl sites for hydroxylation is 3. The highest BCUT2D eigenvalue weighted by molar-refractivity contribution is 6.03. The normalized spacial score (nSPS) is 19.2. The van der Waals surface area contributed by atoms with Crippen LogP contribution in [0.5, 0.6) is 0 Å². The van der Waals surface area contributed by atoms with Crippen molar-refractivity contribution in [2.24, 2.45) is 5.92 Å². The van der Waals surface area contributed by atoms with Crippen LogP contribution in [0.15, 0.2) is 42.5 Å². The number of nitrogens with one attached hydrogen (secondary N) is 1. The van der Waals surface area contributed by atoms with Gasteiger partial charge in [-0.2, -0.15) is 0 Å². The molecule has 2 aliphatic rings. The lowest BCUT2D eigenvalue weighted by Crippen LogP contribution is -2.28. The van der Waals surface area contributed by atoms with Gasteiger partial charge in [0.15, 0.2) is 0 Å². The molecule has 0 saturated carbocycles. The second kappa shape index (κ2) is 6.36. The van der Waals surface area contributed by atoms with Gasteiger partial charge in [0.05, 0.1) is 5.92 Å². The largest absolute Gasteiger partial charge is 0.326 e. The van der Waals surface area contributed by atoms with E-state index in [1.165, 1.54) is 17.5 Å². The third-order valence-electron chi connectivity index (χ3n) is 5.21. The number of rotatable bonds is 3. The lowest BCUT2D eigenvalue weighted by molar-refractivity contribution is -0.122. The predicted octanol–water partition coefficient (Wildman–Crippen LogP) is 3.48. The standard InChI is InChI=1S/C21H22N2O2/c1-14-5-9-19(10-6-14)23-13-17(12-20(23)24)21(25)22-18-8-7-15-3-2-4-16(15)11-18/h5-11,17H,2-4,12-13H2,1H3,(H,22,25). The molecule has 4 rings (SSSR count). The van der Waals surface area contributed by atoms with Gasteiger partial charge in [0, 0.05) is 24.3 Å². The van der Waals surface area contributed by atoms with Crippen LogP contribution in [0.1, 0.15) is 29.5 Å². The van der Waals surface area contributed by atoms with Gasteiger partial charge in [-0.1, -0.05) is 23.8 Å². The molecule has 1 atom stereocenters. The van der Waals surface area contributed by atoms with Crippen LogP contribution in [0.25, 0.3) is 0 Å². The van der Waals surface area contributed by atoms with E-state index in [9.17, 15) is 9.59 Å². The summed E-state index contributed by atoms with van der Waals surface area (Å²) < 4.78 is 0. The molecule has 4 nitrogen and oxygen atoms in total. The minimum absolute atomic E-state index is 0.0120. The van der Waals surface area contributed by atoms with Crippen molar-refractivity contribution in [3.8, 4) is 0 Å². The van der Waals surface area contributed by atoms with Crippen molar-refractivity contribution in [1.82, 2.24) is 0 Å². The topological polar surface area (TPSA) is 49.4 Å². The molecule has 1 unspecified atom stereocenters. The predicted molar refractivity (Wildman–Crippen MR) is 98.7 cm³/mol. The fraction of sp³-hybridized carbons (Fsp3) is 0.333. The first-order valence-corrected chi connectivity index (χ1v) is 8.90. The number of carbonyl (C=O) groups excluding carboxylic acids is 2. The van der Waals surface area contributed by atoms with E-state index in [1.807, 2.05) is 37.3 Å². The highest BCUT2D eigenvalue weighted by Gasteiger charge is 2.35. The Morgan fingerprint density at radius 1 is 1.08 bits per heavy atom. The summed E-state index contributed by atoms with van der Waals surface area (Å²) in [5.74, 6) is -0.360. The lowest BCUT2D eigenvalue weighted by atomic mass is 10.1. The summed E-state index contributed by atoms with van der Waals surface area (Å²) in [4.78, 5) is 26.6. The molecule has 1 saturated heterocycles. The third-order valence-corrected chi connectivity index (χ3v) is 5.21. The van der Waals surface area contributed by atoms with Crippen LogP contribution in [0.2, 0.25) is 0 Å². The first-order chi connectivity index (χ1) is 12.1. The van der Waals surface area contributed by atoms with E-state index in [0.717, 1.165) is 29.8 Å². The number of benzene rings is 2.